The highest BCUT2D eigenvalue weighted by Gasteiger charge is 2.71. The number of carboxylic acids is 1. The van der Waals surface area contributed by atoms with E-state index in [4.69, 9.17) is 25.8 Å². The molecule has 1 aromatic heterocycles. The Morgan fingerprint density at radius 2 is 1.65 bits per heavy atom. The summed E-state index contributed by atoms with van der Waals surface area (Å²) in [7, 11) is 0. The predicted octanol–water partition coefficient (Wildman–Crippen LogP) is 10.0. The molecule has 4 saturated carbocycles. The van der Waals surface area contributed by atoms with E-state index in [9.17, 15) is 19.5 Å². The first-order valence-corrected chi connectivity index (χ1v) is 19.9. The van der Waals surface area contributed by atoms with Gasteiger partial charge in [-0.15, -0.1) is 0 Å². The van der Waals surface area contributed by atoms with E-state index in [2.05, 4.69) is 53.6 Å². The second-order valence-corrected chi connectivity index (χ2v) is 19.8. The SMILES string of the molecule is CC(C)C1=C2[C@H]3CCC4[C@@]5(C)CC[C@H](OC(=O)CC(C)(C)C(=O)O)C(C)(C)C5CC[C@@]4(C)[C@]3(C)CC[C@@]2(c2nc(-c3ccc(Cl)cc3)no2)CC1=O. The van der Waals surface area contributed by atoms with Gasteiger partial charge in [0.2, 0.25) is 11.7 Å². The molecule has 2 aromatic rings. The molecule has 9 heteroatoms. The summed E-state index contributed by atoms with van der Waals surface area (Å²) in [4.78, 5) is 44.0. The van der Waals surface area contributed by atoms with Crippen molar-refractivity contribution in [3.8, 4) is 11.4 Å². The fourth-order valence-electron chi connectivity index (χ4n) is 12.8. The molecule has 2 unspecified atom stereocenters. The highest BCUT2D eigenvalue weighted by atomic mass is 35.5. The third-order valence-corrected chi connectivity index (χ3v) is 16.0. The quantitative estimate of drug-likeness (QED) is 0.279. The Morgan fingerprint density at radius 3 is 2.31 bits per heavy atom. The van der Waals surface area contributed by atoms with Crippen LogP contribution in [0.15, 0.2) is 39.9 Å². The van der Waals surface area contributed by atoms with E-state index >= 15 is 0 Å². The minimum absolute atomic E-state index is 0.0254. The Kier molecular flexibility index (Phi) is 8.80. The summed E-state index contributed by atoms with van der Waals surface area (Å²) in [5.41, 5.74) is 1.18. The average Bonchev–Trinajstić information content (AvgIpc) is 3.66. The number of ether oxygens (including phenoxy) is 1. The maximum atomic E-state index is 14.1. The fraction of sp³-hybridized carbons (Fsp3) is 0.698. The lowest BCUT2D eigenvalue weighted by Gasteiger charge is -2.72. The number of hydrogen-bond donors (Lipinski definition) is 1. The minimum atomic E-state index is -1.17. The number of fused-ring (bicyclic) bond motifs is 7. The molecule has 1 N–H and O–H groups in total. The van der Waals surface area contributed by atoms with Crippen molar-refractivity contribution in [2.24, 2.45) is 50.7 Å². The Morgan fingerprint density at radius 1 is 0.962 bits per heavy atom. The summed E-state index contributed by atoms with van der Waals surface area (Å²) in [5.74, 6) is 1.09. The number of hydrogen-bond acceptors (Lipinski definition) is 7. The van der Waals surface area contributed by atoms with Gasteiger partial charge in [0.15, 0.2) is 5.78 Å². The lowest BCUT2D eigenvalue weighted by atomic mass is 9.33. The van der Waals surface area contributed by atoms with Gasteiger partial charge in [-0.25, -0.2) is 0 Å². The van der Waals surface area contributed by atoms with E-state index in [1.54, 1.807) is 13.8 Å². The van der Waals surface area contributed by atoms with Crippen LogP contribution in [-0.4, -0.2) is 39.1 Å². The summed E-state index contributed by atoms with van der Waals surface area (Å²) in [6.07, 6.45) is 7.76. The first-order chi connectivity index (χ1) is 24.2. The van der Waals surface area contributed by atoms with Gasteiger partial charge in [-0.05, 0) is 141 Å². The minimum Gasteiger partial charge on any atom is -0.481 e. The van der Waals surface area contributed by atoms with Crippen LogP contribution >= 0.6 is 11.6 Å². The Balaban J connectivity index is 1.20. The largest absolute Gasteiger partial charge is 0.481 e. The predicted molar refractivity (Wildman–Crippen MR) is 199 cm³/mol. The highest BCUT2D eigenvalue weighted by molar-refractivity contribution is 6.30. The van der Waals surface area contributed by atoms with Gasteiger partial charge in [0, 0.05) is 22.4 Å². The molecule has 0 radical (unpaired) electrons. The second kappa shape index (κ2) is 12.3. The van der Waals surface area contributed by atoms with Crippen molar-refractivity contribution in [2.75, 3.05) is 0 Å². The Bertz CT molecular complexity index is 1830. The van der Waals surface area contributed by atoms with Crippen LogP contribution in [0.4, 0.5) is 0 Å². The first-order valence-electron chi connectivity index (χ1n) is 19.5. The normalized spacial score (nSPS) is 36.9. The lowest BCUT2D eigenvalue weighted by Crippen LogP contribution is -2.66. The Labute approximate surface area is 313 Å². The molecule has 5 aliphatic rings. The molecule has 7 rings (SSSR count). The molecule has 1 aromatic carbocycles. The number of carboxylic acid groups (broad SMARTS) is 1. The first kappa shape index (κ1) is 37.3. The number of aromatic nitrogens is 2. The standard InChI is InChI=1S/C43H57ClN2O6/c1-24(2)33-28(47)22-43(36-45-35(46-52-36)25-10-12-26(44)13-11-25)21-20-41(8)27(34(33)43)14-15-30-40(7)18-17-31(51-32(48)23-38(3,4)37(49)50)39(5,6)29(40)16-19-42(30,41)9/h10-13,24,27,29-31H,14-23H2,1-9H3,(H,49,50)/t27-,29?,30?,31+,40+,41-,42-,43-/m1/s1. The van der Waals surface area contributed by atoms with E-state index in [-0.39, 0.29) is 51.8 Å². The molecule has 8 nitrogen and oxygen atoms in total. The molecule has 1 heterocycles. The van der Waals surface area contributed by atoms with Crippen molar-refractivity contribution >= 4 is 29.3 Å². The molecule has 0 aliphatic heterocycles. The van der Waals surface area contributed by atoms with Crippen molar-refractivity contribution in [1.82, 2.24) is 10.1 Å². The van der Waals surface area contributed by atoms with Gasteiger partial charge in [-0.2, -0.15) is 4.98 Å². The lowest BCUT2D eigenvalue weighted by molar-refractivity contribution is -0.232. The molecule has 0 bridgehead atoms. The van der Waals surface area contributed by atoms with Gasteiger partial charge in [-0.1, -0.05) is 65.2 Å². The molecular weight excluding hydrogens is 676 g/mol. The van der Waals surface area contributed by atoms with Crippen molar-refractivity contribution < 1.29 is 28.8 Å². The number of ketones is 1. The number of esters is 1. The van der Waals surface area contributed by atoms with E-state index in [1.165, 1.54) is 5.57 Å². The highest BCUT2D eigenvalue weighted by Crippen LogP contribution is 2.76. The number of carbonyl (C=O) groups is 3. The summed E-state index contributed by atoms with van der Waals surface area (Å²) >= 11 is 6.17. The van der Waals surface area contributed by atoms with E-state index in [0.29, 0.717) is 35.0 Å². The monoisotopic (exact) mass is 732 g/mol. The molecular formula is C43H57ClN2O6. The van der Waals surface area contributed by atoms with Gasteiger partial charge in [-0.3, -0.25) is 14.4 Å². The van der Waals surface area contributed by atoms with Crippen molar-refractivity contribution in [2.45, 2.75) is 138 Å². The Hall–Kier alpha value is -3.00. The molecule has 0 spiro atoms. The maximum absolute atomic E-state index is 14.1. The molecule has 282 valence electrons. The third-order valence-electron chi connectivity index (χ3n) is 15.7. The maximum Gasteiger partial charge on any atom is 0.309 e. The molecule has 52 heavy (non-hydrogen) atoms. The van der Waals surface area contributed by atoms with Gasteiger partial charge >= 0.3 is 11.9 Å². The third kappa shape index (κ3) is 5.30. The molecule has 0 saturated heterocycles. The van der Waals surface area contributed by atoms with Gasteiger partial charge < -0.3 is 14.4 Å². The number of carbonyl (C=O) groups excluding carboxylic acids is 2. The number of Topliss-reactive ketones (excluding diaryl/α,β-unsaturated/α-hetero) is 1. The van der Waals surface area contributed by atoms with E-state index in [0.717, 1.165) is 62.5 Å². The van der Waals surface area contributed by atoms with E-state index in [1.807, 2.05) is 24.3 Å². The van der Waals surface area contributed by atoms with Crippen molar-refractivity contribution in [3.05, 3.63) is 46.3 Å². The van der Waals surface area contributed by atoms with Crippen LogP contribution in [0.5, 0.6) is 0 Å². The van der Waals surface area contributed by atoms with Crippen LogP contribution in [0, 0.1) is 50.7 Å². The second-order valence-electron chi connectivity index (χ2n) is 19.4. The van der Waals surface area contributed by atoms with Crippen molar-refractivity contribution in [3.63, 3.8) is 0 Å². The number of nitrogens with zero attached hydrogens (tertiary/aromatic N) is 2. The zero-order valence-electron chi connectivity index (χ0n) is 32.5. The summed E-state index contributed by atoms with van der Waals surface area (Å²) in [6, 6.07) is 7.47. The van der Waals surface area contributed by atoms with Crippen LogP contribution in [0.25, 0.3) is 11.4 Å². The van der Waals surface area contributed by atoms with E-state index < -0.39 is 22.8 Å². The van der Waals surface area contributed by atoms with Gasteiger partial charge in [0.25, 0.3) is 0 Å². The van der Waals surface area contributed by atoms with Gasteiger partial charge in [0.05, 0.1) is 17.3 Å². The average molecular weight is 733 g/mol. The van der Waals surface area contributed by atoms with Crippen LogP contribution in [0.2, 0.25) is 5.02 Å². The molecule has 8 atom stereocenters. The molecule has 4 fully saturated rings. The molecule has 0 amide bonds. The van der Waals surface area contributed by atoms with Crippen LogP contribution < -0.4 is 0 Å². The summed E-state index contributed by atoms with van der Waals surface area (Å²) < 4.78 is 12.3. The number of benzene rings is 1. The smallest absolute Gasteiger partial charge is 0.309 e. The number of aliphatic carboxylic acids is 1. The zero-order valence-corrected chi connectivity index (χ0v) is 33.3. The van der Waals surface area contributed by atoms with Crippen LogP contribution in [0.3, 0.4) is 0 Å². The fourth-order valence-corrected chi connectivity index (χ4v) is 13.0. The number of rotatable bonds is 7. The van der Waals surface area contributed by atoms with Crippen LogP contribution in [0.1, 0.15) is 132 Å². The topological polar surface area (TPSA) is 120 Å². The van der Waals surface area contributed by atoms with Gasteiger partial charge in [0.1, 0.15) is 6.10 Å². The van der Waals surface area contributed by atoms with Crippen LogP contribution in [-0.2, 0) is 24.5 Å². The summed E-state index contributed by atoms with van der Waals surface area (Å²) in [5, 5.41) is 14.7. The van der Waals surface area contributed by atoms with Crippen molar-refractivity contribution in [1.29, 1.82) is 0 Å². The summed E-state index contributed by atoms with van der Waals surface area (Å²) in [6.45, 7) is 19.6. The number of allylic oxidation sites excluding steroid dienone is 2. The molecule has 5 aliphatic carbocycles. The zero-order chi connectivity index (χ0) is 37.8. The number of halogens is 1.